The summed E-state index contributed by atoms with van der Waals surface area (Å²) in [5.74, 6) is 0.878. The van der Waals surface area contributed by atoms with Crippen LogP contribution in [0.15, 0.2) is 18.2 Å². The zero-order valence-electron chi connectivity index (χ0n) is 9.56. The van der Waals surface area contributed by atoms with Crippen LogP contribution in [-0.2, 0) is 22.7 Å². The molecule has 0 fully saturated rings. The van der Waals surface area contributed by atoms with Crippen LogP contribution in [0.5, 0.6) is 0 Å². The predicted molar refractivity (Wildman–Crippen MR) is 63.7 cm³/mol. The highest BCUT2D eigenvalue weighted by Crippen LogP contribution is 2.22. The molecule has 0 aliphatic carbocycles. The lowest BCUT2D eigenvalue weighted by Crippen LogP contribution is -2.16. The number of rotatable bonds is 1. The maximum atomic E-state index is 11.0. The molecule has 5 nitrogen and oxygen atoms in total. The average Bonchev–Trinajstić information content (AvgIpc) is 2.65. The molecule has 0 bridgehead atoms. The van der Waals surface area contributed by atoms with Crippen molar-refractivity contribution >= 4 is 22.6 Å². The molecule has 0 saturated heterocycles. The van der Waals surface area contributed by atoms with Crippen LogP contribution in [0.25, 0.3) is 11.0 Å². The summed E-state index contributed by atoms with van der Waals surface area (Å²) >= 11 is 0. The summed E-state index contributed by atoms with van der Waals surface area (Å²) in [6.45, 7) is 3.62. The third-order valence-corrected chi connectivity index (χ3v) is 2.84. The van der Waals surface area contributed by atoms with E-state index in [0.717, 1.165) is 35.7 Å². The summed E-state index contributed by atoms with van der Waals surface area (Å²) < 4.78 is 7.53. The fourth-order valence-corrected chi connectivity index (χ4v) is 2.14. The van der Waals surface area contributed by atoms with Gasteiger partial charge in [-0.3, -0.25) is 4.79 Å². The Morgan fingerprint density at radius 2 is 2.41 bits per heavy atom. The van der Waals surface area contributed by atoms with Crippen LogP contribution in [0.3, 0.4) is 0 Å². The minimum absolute atomic E-state index is 0.0725. The van der Waals surface area contributed by atoms with Gasteiger partial charge >= 0.3 is 0 Å². The fourth-order valence-electron chi connectivity index (χ4n) is 2.14. The van der Waals surface area contributed by atoms with Gasteiger partial charge in [-0.2, -0.15) is 0 Å². The zero-order valence-corrected chi connectivity index (χ0v) is 9.56. The molecule has 2 heterocycles. The minimum Gasteiger partial charge on any atom is -0.372 e. The summed E-state index contributed by atoms with van der Waals surface area (Å²) in [5, 5.41) is 2.76. The standard InChI is InChI=1S/C12H13N3O2/c1-8(16)13-9-2-3-11-10(6-9)14-12-7-17-5-4-15(11)12/h2-3,6H,4-5,7H2,1H3,(H,13,16). The molecule has 1 aliphatic rings. The Morgan fingerprint density at radius 3 is 3.24 bits per heavy atom. The quantitative estimate of drug-likeness (QED) is 0.809. The van der Waals surface area contributed by atoms with Crippen molar-refractivity contribution in [3.05, 3.63) is 24.0 Å². The Balaban J connectivity index is 2.08. The molecule has 5 heteroatoms. The minimum atomic E-state index is -0.0725. The van der Waals surface area contributed by atoms with Crippen molar-refractivity contribution < 1.29 is 9.53 Å². The van der Waals surface area contributed by atoms with Crippen molar-refractivity contribution in [3.63, 3.8) is 0 Å². The number of nitrogens with one attached hydrogen (secondary N) is 1. The lowest BCUT2D eigenvalue weighted by Gasteiger charge is -2.14. The van der Waals surface area contributed by atoms with Gasteiger partial charge in [-0.25, -0.2) is 4.98 Å². The number of ether oxygens (including phenoxy) is 1. The van der Waals surface area contributed by atoms with Gasteiger partial charge in [0.05, 0.1) is 17.6 Å². The van der Waals surface area contributed by atoms with E-state index < -0.39 is 0 Å². The number of imidazole rings is 1. The Kier molecular flexibility index (Phi) is 2.33. The van der Waals surface area contributed by atoms with Crippen molar-refractivity contribution in [3.8, 4) is 0 Å². The Morgan fingerprint density at radius 1 is 1.53 bits per heavy atom. The highest BCUT2D eigenvalue weighted by molar-refractivity contribution is 5.91. The molecular formula is C12H13N3O2. The molecule has 1 N–H and O–H groups in total. The summed E-state index contributed by atoms with van der Waals surface area (Å²) in [6.07, 6.45) is 0. The van der Waals surface area contributed by atoms with Crippen LogP contribution in [0.2, 0.25) is 0 Å². The van der Waals surface area contributed by atoms with Crippen molar-refractivity contribution in [1.29, 1.82) is 0 Å². The third kappa shape index (κ3) is 1.78. The molecule has 88 valence electrons. The van der Waals surface area contributed by atoms with Gasteiger partial charge in [0.1, 0.15) is 12.4 Å². The molecule has 0 atom stereocenters. The Hall–Kier alpha value is -1.88. The van der Waals surface area contributed by atoms with Crippen molar-refractivity contribution in [2.24, 2.45) is 0 Å². The van der Waals surface area contributed by atoms with Crippen LogP contribution in [0, 0.1) is 0 Å². The number of carbonyl (C=O) groups excluding carboxylic acids is 1. The van der Waals surface area contributed by atoms with Crippen LogP contribution >= 0.6 is 0 Å². The van der Waals surface area contributed by atoms with E-state index in [4.69, 9.17) is 4.74 Å². The number of nitrogens with zero attached hydrogens (tertiary/aromatic N) is 2. The number of anilines is 1. The molecule has 1 aromatic heterocycles. The second-order valence-corrected chi connectivity index (χ2v) is 4.12. The van der Waals surface area contributed by atoms with E-state index in [0.29, 0.717) is 6.61 Å². The first-order chi connectivity index (χ1) is 8.24. The van der Waals surface area contributed by atoms with Gasteiger partial charge in [-0.1, -0.05) is 0 Å². The van der Waals surface area contributed by atoms with Gasteiger partial charge in [0.2, 0.25) is 5.91 Å². The van der Waals surface area contributed by atoms with Crippen LogP contribution in [0.1, 0.15) is 12.7 Å². The van der Waals surface area contributed by atoms with E-state index in [1.165, 1.54) is 6.92 Å². The number of aromatic nitrogens is 2. The molecule has 0 unspecified atom stereocenters. The molecule has 0 saturated carbocycles. The molecule has 1 amide bonds. The maximum Gasteiger partial charge on any atom is 0.221 e. The molecule has 0 spiro atoms. The summed E-state index contributed by atoms with van der Waals surface area (Å²) in [6, 6.07) is 5.78. The van der Waals surface area contributed by atoms with Crippen molar-refractivity contribution in [2.75, 3.05) is 11.9 Å². The molecule has 3 rings (SSSR count). The van der Waals surface area contributed by atoms with E-state index in [1.54, 1.807) is 0 Å². The number of carbonyl (C=O) groups is 1. The van der Waals surface area contributed by atoms with Gasteiger partial charge in [-0.15, -0.1) is 0 Å². The summed E-state index contributed by atoms with van der Waals surface area (Å²) in [7, 11) is 0. The first-order valence-corrected chi connectivity index (χ1v) is 5.58. The first-order valence-electron chi connectivity index (χ1n) is 5.58. The summed E-state index contributed by atoms with van der Waals surface area (Å²) in [4.78, 5) is 15.5. The lowest BCUT2D eigenvalue weighted by atomic mass is 10.2. The predicted octanol–water partition coefficient (Wildman–Crippen LogP) is 1.52. The number of hydrogen-bond donors (Lipinski definition) is 1. The van der Waals surface area contributed by atoms with Crippen molar-refractivity contribution in [1.82, 2.24) is 9.55 Å². The van der Waals surface area contributed by atoms with E-state index >= 15 is 0 Å². The molecule has 2 aromatic rings. The van der Waals surface area contributed by atoms with Crippen molar-refractivity contribution in [2.45, 2.75) is 20.1 Å². The Labute approximate surface area is 98.4 Å². The lowest BCUT2D eigenvalue weighted by molar-refractivity contribution is -0.114. The molecular weight excluding hydrogens is 218 g/mol. The zero-order chi connectivity index (χ0) is 11.8. The average molecular weight is 231 g/mol. The molecule has 17 heavy (non-hydrogen) atoms. The topological polar surface area (TPSA) is 56.2 Å². The molecule has 1 aromatic carbocycles. The number of amides is 1. The normalized spacial score (nSPS) is 14.6. The largest absolute Gasteiger partial charge is 0.372 e. The van der Waals surface area contributed by atoms with E-state index in [9.17, 15) is 4.79 Å². The first kappa shape index (κ1) is 10.3. The third-order valence-electron chi connectivity index (χ3n) is 2.84. The smallest absolute Gasteiger partial charge is 0.221 e. The van der Waals surface area contributed by atoms with Gasteiger partial charge in [0.25, 0.3) is 0 Å². The van der Waals surface area contributed by atoms with Crippen LogP contribution in [0.4, 0.5) is 5.69 Å². The SMILES string of the molecule is CC(=O)Nc1ccc2c(c1)nc1n2CCOC1. The van der Waals surface area contributed by atoms with Crippen LogP contribution in [-0.4, -0.2) is 22.1 Å². The fraction of sp³-hybridized carbons (Fsp3) is 0.333. The number of hydrogen-bond acceptors (Lipinski definition) is 3. The highest BCUT2D eigenvalue weighted by Gasteiger charge is 2.14. The van der Waals surface area contributed by atoms with Crippen LogP contribution < -0.4 is 5.32 Å². The van der Waals surface area contributed by atoms with E-state index in [-0.39, 0.29) is 5.91 Å². The van der Waals surface area contributed by atoms with E-state index in [1.807, 2.05) is 18.2 Å². The monoisotopic (exact) mass is 231 g/mol. The Bertz CT molecular complexity index is 589. The molecule has 1 aliphatic heterocycles. The molecule has 0 radical (unpaired) electrons. The van der Waals surface area contributed by atoms with Gasteiger partial charge in [0, 0.05) is 19.2 Å². The highest BCUT2D eigenvalue weighted by atomic mass is 16.5. The summed E-state index contributed by atoms with van der Waals surface area (Å²) in [5.41, 5.74) is 2.77. The van der Waals surface area contributed by atoms with Gasteiger partial charge in [-0.05, 0) is 18.2 Å². The van der Waals surface area contributed by atoms with E-state index in [2.05, 4.69) is 14.9 Å². The second kappa shape index (κ2) is 3.85. The van der Waals surface area contributed by atoms with Gasteiger partial charge in [0.15, 0.2) is 0 Å². The number of benzene rings is 1. The maximum absolute atomic E-state index is 11.0. The van der Waals surface area contributed by atoms with Gasteiger partial charge < -0.3 is 14.6 Å². The second-order valence-electron chi connectivity index (χ2n) is 4.12. The number of fused-ring (bicyclic) bond motifs is 3.